The number of hydrogen-bond donors (Lipinski definition) is 0. The van der Waals surface area contributed by atoms with Gasteiger partial charge in [0.15, 0.2) is 5.89 Å². The quantitative estimate of drug-likeness (QED) is 0.729. The lowest BCUT2D eigenvalue weighted by Crippen LogP contribution is -2.30. The number of benzene rings is 1. The van der Waals surface area contributed by atoms with Crippen LogP contribution in [0.2, 0.25) is 0 Å². The van der Waals surface area contributed by atoms with Gasteiger partial charge in [0.2, 0.25) is 20.7 Å². The van der Waals surface area contributed by atoms with Crippen molar-refractivity contribution in [3.8, 4) is 5.75 Å². The van der Waals surface area contributed by atoms with Gasteiger partial charge in [-0.2, -0.15) is 4.98 Å². The van der Waals surface area contributed by atoms with Gasteiger partial charge >= 0.3 is 0 Å². The highest BCUT2D eigenvalue weighted by Crippen LogP contribution is 2.33. The van der Waals surface area contributed by atoms with Crippen LogP contribution >= 0.6 is 0 Å². The van der Waals surface area contributed by atoms with Crippen LogP contribution in [0.1, 0.15) is 44.9 Å². The molecule has 0 atom stereocenters. The molecule has 1 aromatic carbocycles. The molecule has 1 aliphatic heterocycles. The van der Waals surface area contributed by atoms with Gasteiger partial charge in [-0.1, -0.05) is 13.3 Å². The Morgan fingerprint density at radius 2 is 1.85 bits per heavy atom. The minimum Gasteiger partial charge on any atom is -0.497 e. The molecule has 6 nitrogen and oxygen atoms in total. The van der Waals surface area contributed by atoms with Crippen molar-refractivity contribution in [3.63, 3.8) is 0 Å². The van der Waals surface area contributed by atoms with Crippen molar-refractivity contribution in [2.75, 3.05) is 25.1 Å². The molecule has 0 N–H and O–H groups in total. The molecule has 1 aliphatic rings. The van der Waals surface area contributed by atoms with Gasteiger partial charge in [-0.25, -0.2) is 8.42 Å². The van der Waals surface area contributed by atoms with Gasteiger partial charge in [0, 0.05) is 19.5 Å². The van der Waals surface area contributed by atoms with E-state index < -0.39 is 9.84 Å². The summed E-state index contributed by atoms with van der Waals surface area (Å²) in [5.74, 6) is 1.51. The molecule has 3 rings (SSSR count). The standard InChI is InChI=1S/C19H26N2O4S/c1-3-4-8-17-20-18(19(25-17)21-13-6-5-7-14-21)26(22,23)16-11-9-15(24-2)10-12-16/h9-12H,3-8,13-14H2,1-2H3. The number of rotatable bonds is 7. The zero-order valence-corrected chi connectivity index (χ0v) is 16.2. The van der Waals surface area contributed by atoms with Crippen LogP contribution in [-0.2, 0) is 16.3 Å². The molecular weight excluding hydrogens is 352 g/mol. The van der Waals surface area contributed by atoms with Crippen molar-refractivity contribution in [2.24, 2.45) is 0 Å². The number of sulfone groups is 1. The first-order valence-electron chi connectivity index (χ1n) is 9.20. The summed E-state index contributed by atoms with van der Waals surface area (Å²) in [6, 6.07) is 6.39. The van der Waals surface area contributed by atoms with Gasteiger partial charge in [-0.3, -0.25) is 0 Å². The van der Waals surface area contributed by atoms with Crippen LogP contribution in [0.4, 0.5) is 5.88 Å². The van der Waals surface area contributed by atoms with E-state index in [9.17, 15) is 8.42 Å². The monoisotopic (exact) mass is 378 g/mol. The fourth-order valence-electron chi connectivity index (χ4n) is 3.11. The van der Waals surface area contributed by atoms with Crippen molar-refractivity contribution in [1.29, 1.82) is 0 Å². The summed E-state index contributed by atoms with van der Waals surface area (Å²) in [5, 5.41) is 0.0377. The highest BCUT2D eigenvalue weighted by atomic mass is 32.2. The minimum absolute atomic E-state index is 0.0377. The average molecular weight is 378 g/mol. The second-order valence-corrected chi connectivity index (χ2v) is 8.41. The van der Waals surface area contributed by atoms with Crippen LogP contribution in [0.5, 0.6) is 5.75 Å². The minimum atomic E-state index is -3.75. The fraction of sp³-hybridized carbons (Fsp3) is 0.526. The van der Waals surface area contributed by atoms with Crippen molar-refractivity contribution in [2.45, 2.75) is 55.4 Å². The van der Waals surface area contributed by atoms with Crippen LogP contribution in [0.25, 0.3) is 0 Å². The van der Waals surface area contributed by atoms with Gasteiger partial charge in [0.1, 0.15) is 5.75 Å². The van der Waals surface area contributed by atoms with Crippen LogP contribution in [-0.4, -0.2) is 33.6 Å². The molecule has 0 radical (unpaired) electrons. The Morgan fingerprint density at radius 1 is 1.15 bits per heavy atom. The average Bonchev–Trinajstić information content (AvgIpc) is 3.12. The molecule has 0 unspecified atom stereocenters. The normalized spacial score (nSPS) is 15.2. The lowest BCUT2D eigenvalue weighted by molar-refractivity contribution is 0.414. The van der Waals surface area contributed by atoms with E-state index in [-0.39, 0.29) is 9.92 Å². The van der Waals surface area contributed by atoms with Crippen molar-refractivity contribution in [1.82, 2.24) is 4.98 Å². The maximum atomic E-state index is 13.2. The second-order valence-electron chi connectivity index (χ2n) is 6.55. The first-order valence-corrected chi connectivity index (χ1v) is 10.7. The number of oxazole rings is 1. The molecule has 1 aromatic heterocycles. The zero-order valence-electron chi connectivity index (χ0n) is 15.4. The first kappa shape index (κ1) is 18.8. The molecule has 1 fully saturated rings. The van der Waals surface area contributed by atoms with Gasteiger partial charge in [-0.05, 0) is 49.9 Å². The van der Waals surface area contributed by atoms with Crippen LogP contribution in [0.3, 0.4) is 0 Å². The second kappa shape index (κ2) is 8.12. The molecule has 7 heteroatoms. The van der Waals surface area contributed by atoms with Gasteiger partial charge < -0.3 is 14.1 Å². The number of aromatic nitrogens is 1. The van der Waals surface area contributed by atoms with E-state index in [1.807, 2.05) is 4.90 Å². The van der Waals surface area contributed by atoms with Crippen LogP contribution in [0, 0.1) is 0 Å². The predicted octanol–water partition coefficient (Wildman–Crippen LogP) is 3.85. The summed E-state index contributed by atoms with van der Waals surface area (Å²) in [6.07, 6.45) is 5.80. The summed E-state index contributed by atoms with van der Waals surface area (Å²) in [5.41, 5.74) is 0. The van der Waals surface area contributed by atoms with Crippen LogP contribution < -0.4 is 9.64 Å². The Hall–Kier alpha value is -2.02. The van der Waals surface area contributed by atoms with Gasteiger partial charge in [-0.15, -0.1) is 0 Å². The highest BCUT2D eigenvalue weighted by Gasteiger charge is 2.31. The molecular formula is C19H26N2O4S. The third-order valence-corrected chi connectivity index (χ3v) is 6.30. The maximum absolute atomic E-state index is 13.2. The molecule has 0 amide bonds. The van der Waals surface area contributed by atoms with E-state index in [1.54, 1.807) is 31.4 Å². The van der Waals surface area contributed by atoms with E-state index in [0.29, 0.717) is 23.9 Å². The molecule has 0 bridgehead atoms. The van der Waals surface area contributed by atoms with E-state index in [1.165, 1.54) is 0 Å². The summed E-state index contributed by atoms with van der Waals surface area (Å²) in [6.45, 7) is 3.69. The van der Waals surface area contributed by atoms with Crippen molar-refractivity contribution in [3.05, 3.63) is 30.2 Å². The maximum Gasteiger partial charge on any atom is 0.236 e. The molecule has 0 spiro atoms. The SMILES string of the molecule is CCCCc1nc(S(=O)(=O)c2ccc(OC)cc2)c(N2CCCCC2)o1. The molecule has 2 aromatic rings. The number of nitrogens with zero attached hydrogens (tertiary/aromatic N) is 2. The first-order chi connectivity index (χ1) is 12.6. The molecule has 0 saturated carbocycles. The van der Waals surface area contributed by atoms with E-state index in [0.717, 1.165) is 45.2 Å². The smallest absolute Gasteiger partial charge is 0.236 e. The Bertz CT molecular complexity index is 822. The van der Waals surface area contributed by atoms with Crippen molar-refractivity contribution < 1.29 is 17.6 Å². The Kier molecular flexibility index (Phi) is 5.86. The Balaban J connectivity index is 2.00. The molecule has 26 heavy (non-hydrogen) atoms. The van der Waals surface area contributed by atoms with E-state index in [4.69, 9.17) is 9.15 Å². The Labute approximate surface area is 155 Å². The van der Waals surface area contributed by atoms with Crippen LogP contribution in [0.15, 0.2) is 38.6 Å². The number of piperidine rings is 1. The number of anilines is 1. The molecule has 1 saturated heterocycles. The molecule has 0 aliphatic carbocycles. The Morgan fingerprint density at radius 3 is 2.46 bits per heavy atom. The lowest BCUT2D eigenvalue weighted by atomic mass is 10.1. The van der Waals surface area contributed by atoms with Gasteiger partial charge in [0.05, 0.1) is 12.0 Å². The predicted molar refractivity (Wildman–Crippen MR) is 99.6 cm³/mol. The third-order valence-electron chi connectivity index (χ3n) is 4.64. The summed E-state index contributed by atoms with van der Waals surface area (Å²) >= 11 is 0. The summed E-state index contributed by atoms with van der Waals surface area (Å²) < 4.78 is 37.4. The van der Waals surface area contributed by atoms with Crippen molar-refractivity contribution >= 4 is 15.7 Å². The largest absolute Gasteiger partial charge is 0.497 e. The van der Waals surface area contributed by atoms with E-state index in [2.05, 4.69) is 11.9 Å². The highest BCUT2D eigenvalue weighted by molar-refractivity contribution is 7.91. The summed E-state index contributed by atoms with van der Waals surface area (Å²) in [4.78, 5) is 6.60. The molecule has 2 heterocycles. The number of ether oxygens (including phenoxy) is 1. The lowest BCUT2D eigenvalue weighted by Gasteiger charge is -2.26. The fourth-order valence-corrected chi connectivity index (χ4v) is 4.45. The topological polar surface area (TPSA) is 72.6 Å². The number of unbranched alkanes of at least 4 members (excludes halogenated alkanes) is 1. The summed E-state index contributed by atoms with van der Waals surface area (Å²) in [7, 11) is -2.20. The number of hydrogen-bond acceptors (Lipinski definition) is 6. The van der Waals surface area contributed by atoms with E-state index >= 15 is 0 Å². The third kappa shape index (κ3) is 3.87. The van der Waals surface area contributed by atoms with Gasteiger partial charge in [0.25, 0.3) is 0 Å². The zero-order chi connectivity index (χ0) is 18.6. The number of aryl methyl sites for hydroxylation is 1. The number of methoxy groups -OCH3 is 1. The molecule has 142 valence electrons.